The number of carbonyl (C=O) groups excluding carboxylic acids is 2. The van der Waals surface area contributed by atoms with Crippen LogP contribution in [0.4, 0.5) is 4.39 Å². The van der Waals surface area contributed by atoms with Gasteiger partial charge in [-0.15, -0.1) is 0 Å². The third kappa shape index (κ3) is 6.81. The van der Waals surface area contributed by atoms with Crippen LogP contribution in [0.25, 0.3) is 0 Å². The highest BCUT2D eigenvalue weighted by atomic mass is 19.1. The van der Waals surface area contributed by atoms with E-state index in [1.807, 2.05) is 37.3 Å². The number of nitrogens with one attached hydrogen (secondary N) is 1. The molecule has 0 unspecified atom stereocenters. The Hall–Kier alpha value is -2.89. The molecule has 6 heteroatoms. The summed E-state index contributed by atoms with van der Waals surface area (Å²) in [5.74, 6) is -0.927. The molecule has 1 aliphatic carbocycles. The van der Waals surface area contributed by atoms with E-state index in [1.165, 1.54) is 18.6 Å². The molecule has 1 atom stereocenters. The van der Waals surface area contributed by atoms with Gasteiger partial charge in [-0.25, -0.2) is 4.39 Å². The summed E-state index contributed by atoms with van der Waals surface area (Å²) >= 11 is 0. The maximum atomic E-state index is 13.9. The highest BCUT2D eigenvalue weighted by molar-refractivity contribution is 5.88. The van der Waals surface area contributed by atoms with Gasteiger partial charge in [-0.05, 0) is 43.4 Å². The van der Waals surface area contributed by atoms with Crippen LogP contribution in [0.1, 0.15) is 51.0 Å². The lowest BCUT2D eigenvalue weighted by Gasteiger charge is -2.32. The summed E-state index contributed by atoms with van der Waals surface area (Å²) in [6, 6.07) is 15.4. The maximum Gasteiger partial charge on any atom is 0.261 e. The van der Waals surface area contributed by atoms with Crippen molar-refractivity contribution in [2.75, 3.05) is 13.2 Å². The summed E-state index contributed by atoms with van der Waals surface area (Å²) in [6.45, 7) is 1.98. The molecular weight excluding hydrogens is 407 g/mol. The van der Waals surface area contributed by atoms with Crippen LogP contribution in [0.3, 0.4) is 0 Å². The first-order chi connectivity index (χ1) is 15.6. The van der Waals surface area contributed by atoms with E-state index < -0.39 is 11.9 Å². The van der Waals surface area contributed by atoms with Gasteiger partial charge in [0.1, 0.15) is 6.04 Å². The van der Waals surface area contributed by atoms with Crippen LogP contribution in [0.2, 0.25) is 0 Å². The topological polar surface area (TPSA) is 58.6 Å². The minimum absolute atomic E-state index is 0.0311. The van der Waals surface area contributed by atoms with E-state index in [1.54, 1.807) is 17.0 Å². The van der Waals surface area contributed by atoms with Crippen molar-refractivity contribution in [3.63, 3.8) is 0 Å². The number of hydrogen-bond acceptors (Lipinski definition) is 3. The van der Waals surface area contributed by atoms with Crippen LogP contribution in [-0.4, -0.2) is 41.9 Å². The number of ether oxygens (including phenoxy) is 1. The molecular formula is C26H33FN2O3. The molecule has 1 aliphatic rings. The molecule has 1 saturated carbocycles. The lowest BCUT2D eigenvalue weighted by atomic mass is 9.95. The van der Waals surface area contributed by atoms with Crippen molar-refractivity contribution in [2.24, 2.45) is 0 Å². The number of rotatable bonds is 10. The fourth-order valence-electron chi connectivity index (χ4n) is 4.22. The molecule has 0 aliphatic heterocycles. The van der Waals surface area contributed by atoms with Gasteiger partial charge in [0.05, 0.1) is 0 Å². The second-order valence-corrected chi connectivity index (χ2v) is 8.31. The summed E-state index contributed by atoms with van der Waals surface area (Å²) in [4.78, 5) is 27.9. The van der Waals surface area contributed by atoms with Gasteiger partial charge in [0.15, 0.2) is 18.2 Å². The quantitative estimate of drug-likeness (QED) is 0.592. The van der Waals surface area contributed by atoms with Gasteiger partial charge in [-0.1, -0.05) is 68.7 Å². The molecule has 3 rings (SSSR count). The molecule has 0 bridgehead atoms. The van der Waals surface area contributed by atoms with E-state index in [-0.39, 0.29) is 30.2 Å². The summed E-state index contributed by atoms with van der Waals surface area (Å²) in [5, 5.41) is 3.15. The van der Waals surface area contributed by atoms with Gasteiger partial charge in [0.2, 0.25) is 5.91 Å². The van der Waals surface area contributed by atoms with E-state index in [4.69, 9.17) is 4.74 Å². The lowest BCUT2D eigenvalue weighted by Crippen LogP contribution is -2.53. The Bertz CT molecular complexity index is 868. The first kappa shape index (κ1) is 23.8. The molecule has 2 aromatic carbocycles. The second-order valence-electron chi connectivity index (χ2n) is 8.31. The Morgan fingerprint density at radius 3 is 2.44 bits per heavy atom. The van der Waals surface area contributed by atoms with E-state index in [0.717, 1.165) is 31.2 Å². The number of amides is 2. The van der Waals surface area contributed by atoms with Crippen molar-refractivity contribution in [1.29, 1.82) is 0 Å². The van der Waals surface area contributed by atoms with Crippen molar-refractivity contribution < 1.29 is 18.7 Å². The molecule has 2 aromatic rings. The number of hydrogen-bond donors (Lipinski definition) is 1. The van der Waals surface area contributed by atoms with E-state index >= 15 is 0 Å². The Morgan fingerprint density at radius 2 is 1.75 bits per heavy atom. The zero-order chi connectivity index (χ0) is 22.8. The average Bonchev–Trinajstić information content (AvgIpc) is 2.82. The van der Waals surface area contributed by atoms with Crippen LogP contribution in [-0.2, 0) is 16.0 Å². The highest BCUT2D eigenvalue weighted by Gasteiger charge is 2.30. The van der Waals surface area contributed by atoms with Crippen molar-refractivity contribution in [3.8, 4) is 5.75 Å². The predicted molar refractivity (Wildman–Crippen MR) is 123 cm³/mol. The minimum atomic E-state index is -0.586. The summed E-state index contributed by atoms with van der Waals surface area (Å²) in [7, 11) is 0. The molecule has 172 valence electrons. The van der Waals surface area contributed by atoms with E-state index in [2.05, 4.69) is 5.32 Å². The van der Waals surface area contributed by atoms with Gasteiger partial charge in [-0.3, -0.25) is 9.59 Å². The molecule has 0 heterocycles. The number of halogens is 1. The normalized spacial score (nSPS) is 15.1. The van der Waals surface area contributed by atoms with Crippen molar-refractivity contribution in [3.05, 3.63) is 66.0 Å². The maximum absolute atomic E-state index is 13.9. The van der Waals surface area contributed by atoms with Gasteiger partial charge >= 0.3 is 0 Å². The standard InChI is InChI=1S/C26H33FN2O3/c1-2-23(26(31)28-21-13-7-4-8-14-21)29(18-17-20-11-5-3-6-12-20)25(30)19-32-24-16-10-9-15-22(24)27/h3,5-6,9-12,15-16,21,23H,2,4,7-8,13-14,17-19H2,1H3,(H,28,31)/t23-/m1/s1. The fraction of sp³-hybridized carbons (Fsp3) is 0.462. The van der Waals surface area contributed by atoms with Gasteiger partial charge in [-0.2, -0.15) is 0 Å². The monoisotopic (exact) mass is 440 g/mol. The molecule has 2 amide bonds. The number of para-hydroxylation sites is 1. The molecule has 0 radical (unpaired) electrons. The lowest BCUT2D eigenvalue weighted by molar-refractivity contribution is -0.142. The Kier molecular flexibility index (Phi) is 9.08. The third-order valence-corrected chi connectivity index (χ3v) is 6.01. The predicted octanol–water partition coefficient (Wildman–Crippen LogP) is 4.50. The van der Waals surface area contributed by atoms with Crippen LogP contribution in [0, 0.1) is 5.82 Å². The zero-order valence-electron chi connectivity index (χ0n) is 18.8. The molecule has 0 saturated heterocycles. The zero-order valence-corrected chi connectivity index (χ0v) is 18.8. The minimum Gasteiger partial charge on any atom is -0.481 e. The Balaban J connectivity index is 1.70. The molecule has 32 heavy (non-hydrogen) atoms. The van der Waals surface area contributed by atoms with Gasteiger partial charge in [0.25, 0.3) is 5.91 Å². The molecule has 0 spiro atoms. The van der Waals surface area contributed by atoms with Gasteiger partial charge < -0.3 is 15.0 Å². The van der Waals surface area contributed by atoms with Crippen molar-refractivity contribution >= 4 is 11.8 Å². The fourth-order valence-corrected chi connectivity index (χ4v) is 4.22. The largest absolute Gasteiger partial charge is 0.481 e. The first-order valence-corrected chi connectivity index (χ1v) is 11.6. The first-order valence-electron chi connectivity index (χ1n) is 11.6. The number of nitrogens with zero attached hydrogens (tertiary/aromatic N) is 1. The SMILES string of the molecule is CC[C@H](C(=O)NC1CCCCC1)N(CCc1ccccc1)C(=O)COc1ccccc1F. The van der Waals surface area contributed by atoms with Crippen LogP contribution < -0.4 is 10.1 Å². The molecule has 5 nitrogen and oxygen atoms in total. The summed E-state index contributed by atoms with van der Waals surface area (Å²) in [6.07, 6.45) is 6.54. The highest BCUT2D eigenvalue weighted by Crippen LogP contribution is 2.19. The van der Waals surface area contributed by atoms with Crippen molar-refractivity contribution in [2.45, 2.75) is 64.0 Å². The van der Waals surface area contributed by atoms with Crippen LogP contribution in [0.5, 0.6) is 5.75 Å². The Labute approximate surface area is 190 Å². The summed E-state index contributed by atoms with van der Waals surface area (Å²) < 4.78 is 19.4. The van der Waals surface area contributed by atoms with Crippen molar-refractivity contribution in [1.82, 2.24) is 10.2 Å². The average molecular weight is 441 g/mol. The smallest absolute Gasteiger partial charge is 0.261 e. The molecule has 1 N–H and O–H groups in total. The third-order valence-electron chi connectivity index (χ3n) is 6.01. The summed E-state index contributed by atoms with van der Waals surface area (Å²) in [5.41, 5.74) is 1.09. The van der Waals surface area contributed by atoms with Gasteiger partial charge in [0, 0.05) is 12.6 Å². The number of benzene rings is 2. The van der Waals surface area contributed by atoms with E-state index in [9.17, 15) is 14.0 Å². The van der Waals surface area contributed by atoms with Crippen LogP contribution in [0.15, 0.2) is 54.6 Å². The molecule has 0 aromatic heterocycles. The Morgan fingerprint density at radius 1 is 1.06 bits per heavy atom. The second kappa shape index (κ2) is 12.2. The van der Waals surface area contributed by atoms with E-state index in [0.29, 0.717) is 19.4 Å². The number of carbonyl (C=O) groups is 2. The molecule has 1 fully saturated rings. The van der Waals surface area contributed by atoms with Crippen LogP contribution >= 0.6 is 0 Å².